The molecule has 2 aromatic heterocycles. The third-order valence-electron chi connectivity index (χ3n) is 2.48. The summed E-state index contributed by atoms with van der Waals surface area (Å²) in [5, 5.41) is 11.7. The first-order valence-electron chi connectivity index (χ1n) is 5.51. The van der Waals surface area contributed by atoms with E-state index >= 15 is 0 Å². The quantitative estimate of drug-likeness (QED) is 0.838. The van der Waals surface area contributed by atoms with E-state index < -0.39 is 0 Å². The number of nitrogens with zero attached hydrogens (tertiary/aromatic N) is 5. The lowest BCUT2D eigenvalue weighted by atomic mass is 10.0. The number of hydrogen-bond donors (Lipinski definition) is 1. The van der Waals surface area contributed by atoms with Gasteiger partial charge in [-0.15, -0.1) is 5.10 Å². The zero-order valence-electron chi connectivity index (χ0n) is 10.2. The highest BCUT2D eigenvalue weighted by molar-refractivity contribution is 5.01. The van der Waals surface area contributed by atoms with Crippen molar-refractivity contribution in [3.8, 4) is 0 Å². The van der Waals surface area contributed by atoms with E-state index in [1.807, 2.05) is 20.0 Å². The second-order valence-electron chi connectivity index (χ2n) is 4.35. The second kappa shape index (κ2) is 4.62. The molecule has 0 bridgehead atoms. The van der Waals surface area contributed by atoms with Crippen LogP contribution in [-0.4, -0.2) is 25.1 Å². The molecule has 0 aliphatic rings. The van der Waals surface area contributed by atoms with Crippen LogP contribution in [0.5, 0.6) is 0 Å². The maximum absolute atomic E-state index is 5.98. The molecule has 92 valence electrons. The Bertz CT molecular complexity index is 488. The van der Waals surface area contributed by atoms with E-state index in [0.717, 1.165) is 5.69 Å². The van der Waals surface area contributed by atoms with Crippen molar-refractivity contribution in [1.29, 1.82) is 0 Å². The zero-order chi connectivity index (χ0) is 12.4. The van der Waals surface area contributed by atoms with Crippen LogP contribution in [0.1, 0.15) is 37.3 Å². The molecule has 0 aliphatic heterocycles. The topological polar surface area (TPSA) is 95.7 Å². The summed E-state index contributed by atoms with van der Waals surface area (Å²) in [6.07, 6.45) is 1.81. The summed E-state index contributed by atoms with van der Waals surface area (Å²) in [6.45, 7) is 6.28. The van der Waals surface area contributed by atoms with Gasteiger partial charge in [0.1, 0.15) is 6.54 Å². The standard InChI is InChI=1S/C10H16N6O/c1-6(2)10(11)8-4-16(15-13-8)5-9-12-7(3)14-17-9/h4,6,10H,5,11H2,1-3H3. The van der Waals surface area contributed by atoms with Gasteiger partial charge in [-0.1, -0.05) is 24.2 Å². The van der Waals surface area contributed by atoms with Gasteiger partial charge in [0.05, 0.1) is 17.9 Å². The van der Waals surface area contributed by atoms with Crippen LogP contribution in [0.25, 0.3) is 0 Å². The van der Waals surface area contributed by atoms with Gasteiger partial charge in [0.25, 0.3) is 0 Å². The first kappa shape index (κ1) is 11.7. The molecule has 0 aliphatic carbocycles. The summed E-state index contributed by atoms with van der Waals surface area (Å²) in [7, 11) is 0. The normalized spacial score (nSPS) is 13.2. The van der Waals surface area contributed by atoms with Crippen molar-refractivity contribution in [2.24, 2.45) is 11.7 Å². The predicted molar refractivity (Wildman–Crippen MR) is 59.9 cm³/mol. The average molecular weight is 236 g/mol. The van der Waals surface area contributed by atoms with Crippen molar-refractivity contribution in [2.75, 3.05) is 0 Å². The smallest absolute Gasteiger partial charge is 0.248 e. The van der Waals surface area contributed by atoms with Crippen LogP contribution < -0.4 is 5.73 Å². The van der Waals surface area contributed by atoms with Crippen molar-refractivity contribution >= 4 is 0 Å². The highest BCUT2D eigenvalue weighted by Gasteiger charge is 2.15. The number of aryl methyl sites for hydroxylation is 1. The molecule has 0 amide bonds. The molecule has 0 aromatic carbocycles. The third kappa shape index (κ3) is 2.68. The first-order valence-corrected chi connectivity index (χ1v) is 5.51. The molecule has 0 saturated carbocycles. The summed E-state index contributed by atoms with van der Waals surface area (Å²) < 4.78 is 6.65. The minimum absolute atomic E-state index is 0.104. The molecule has 1 unspecified atom stereocenters. The Morgan fingerprint density at radius 1 is 1.47 bits per heavy atom. The number of hydrogen-bond acceptors (Lipinski definition) is 6. The molecule has 2 N–H and O–H groups in total. The lowest BCUT2D eigenvalue weighted by Crippen LogP contribution is -2.17. The van der Waals surface area contributed by atoms with Gasteiger partial charge in [-0.25, -0.2) is 4.68 Å². The molecule has 2 heterocycles. The van der Waals surface area contributed by atoms with Gasteiger partial charge in [-0.05, 0) is 12.8 Å². The molecule has 7 heteroatoms. The largest absolute Gasteiger partial charge is 0.337 e. The van der Waals surface area contributed by atoms with E-state index in [4.69, 9.17) is 10.3 Å². The molecule has 0 radical (unpaired) electrons. The molecular formula is C10H16N6O. The van der Waals surface area contributed by atoms with Crippen molar-refractivity contribution in [3.05, 3.63) is 23.6 Å². The fourth-order valence-electron chi connectivity index (χ4n) is 1.43. The SMILES string of the molecule is Cc1noc(Cn2cc(C(N)C(C)C)nn2)n1. The molecular weight excluding hydrogens is 220 g/mol. The van der Waals surface area contributed by atoms with Crippen LogP contribution in [0, 0.1) is 12.8 Å². The molecule has 2 rings (SSSR count). The van der Waals surface area contributed by atoms with E-state index in [9.17, 15) is 0 Å². The second-order valence-corrected chi connectivity index (χ2v) is 4.35. The molecule has 0 saturated heterocycles. The summed E-state index contributed by atoms with van der Waals surface area (Å²) >= 11 is 0. The van der Waals surface area contributed by atoms with Crippen molar-refractivity contribution in [2.45, 2.75) is 33.4 Å². The lowest BCUT2D eigenvalue weighted by Gasteiger charge is -2.10. The fraction of sp³-hybridized carbons (Fsp3) is 0.600. The van der Waals surface area contributed by atoms with E-state index in [1.165, 1.54) is 0 Å². The summed E-state index contributed by atoms with van der Waals surface area (Å²) in [6, 6.07) is -0.104. The molecule has 0 spiro atoms. The summed E-state index contributed by atoms with van der Waals surface area (Å²) in [5.74, 6) is 1.45. The highest BCUT2D eigenvalue weighted by atomic mass is 16.5. The zero-order valence-corrected chi connectivity index (χ0v) is 10.2. The van der Waals surface area contributed by atoms with E-state index in [2.05, 4.69) is 20.5 Å². The maximum Gasteiger partial charge on any atom is 0.248 e. The van der Waals surface area contributed by atoms with E-state index in [1.54, 1.807) is 11.6 Å². The predicted octanol–water partition coefficient (Wildman–Crippen LogP) is 0.674. The van der Waals surface area contributed by atoms with Crippen LogP contribution in [0.15, 0.2) is 10.7 Å². The Labute approximate surface area is 99.0 Å². The van der Waals surface area contributed by atoms with Gasteiger partial charge in [0.15, 0.2) is 5.82 Å². The lowest BCUT2D eigenvalue weighted by molar-refractivity contribution is 0.361. The average Bonchev–Trinajstić information content (AvgIpc) is 2.87. The monoisotopic (exact) mass is 236 g/mol. The van der Waals surface area contributed by atoms with Gasteiger partial charge < -0.3 is 10.3 Å². The Morgan fingerprint density at radius 3 is 2.82 bits per heavy atom. The highest BCUT2D eigenvalue weighted by Crippen LogP contribution is 2.15. The molecule has 17 heavy (non-hydrogen) atoms. The fourth-order valence-corrected chi connectivity index (χ4v) is 1.43. The van der Waals surface area contributed by atoms with Crippen molar-refractivity contribution < 1.29 is 4.52 Å². The summed E-state index contributed by atoms with van der Waals surface area (Å²) in [4.78, 5) is 4.10. The van der Waals surface area contributed by atoms with Crippen LogP contribution in [0.2, 0.25) is 0 Å². The minimum Gasteiger partial charge on any atom is -0.337 e. The molecule has 7 nitrogen and oxygen atoms in total. The van der Waals surface area contributed by atoms with Crippen LogP contribution in [-0.2, 0) is 6.54 Å². The Hall–Kier alpha value is -1.76. The maximum atomic E-state index is 5.98. The van der Waals surface area contributed by atoms with Gasteiger partial charge in [-0.2, -0.15) is 4.98 Å². The number of aromatic nitrogens is 5. The molecule has 1 atom stereocenters. The first-order chi connectivity index (χ1) is 8.06. The van der Waals surface area contributed by atoms with Crippen LogP contribution in [0.3, 0.4) is 0 Å². The van der Waals surface area contributed by atoms with Gasteiger partial charge >= 0.3 is 0 Å². The molecule has 0 fully saturated rings. The van der Waals surface area contributed by atoms with Crippen LogP contribution in [0.4, 0.5) is 0 Å². The van der Waals surface area contributed by atoms with Crippen LogP contribution >= 0.6 is 0 Å². The van der Waals surface area contributed by atoms with Crippen molar-refractivity contribution in [1.82, 2.24) is 25.1 Å². The summed E-state index contributed by atoms with van der Waals surface area (Å²) in [5.41, 5.74) is 6.76. The Morgan fingerprint density at radius 2 is 2.24 bits per heavy atom. The van der Waals surface area contributed by atoms with Gasteiger partial charge in [-0.3, -0.25) is 0 Å². The van der Waals surface area contributed by atoms with Gasteiger partial charge in [0.2, 0.25) is 5.89 Å². The number of rotatable bonds is 4. The van der Waals surface area contributed by atoms with E-state index in [0.29, 0.717) is 24.2 Å². The Kier molecular flexibility index (Phi) is 3.19. The third-order valence-corrected chi connectivity index (χ3v) is 2.48. The van der Waals surface area contributed by atoms with Gasteiger partial charge in [0, 0.05) is 0 Å². The Balaban J connectivity index is 2.08. The van der Waals surface area contributed by atoms with E-state index in [-0.39, 0.29) is 6.04 Å². The minimum atomic E-state index is -0.104. The van der Waals surface area contributed by atoms with Crippen molar-refractivity contribution in [3.63, 3.8) is 0 Å². The number of nitrogens with two attached hydrogens (primary N) is 1. The molecule has 2 aromatic rings.